The van der Waals surface area contributed by atoms with Crippen molar-refractivity contribution in [3.63, 3.8) is 0 Å². The molecule has 23 heavy (non-hydrogen) atoms. The van der Waals surface area contributed by atoms with Crippen LogP contribution in [0.2, 0.25) is 0 Å². The molecule has 0 amide bonds. The van der Waals surface area contributed by atoms with Gasteiger partial charge in [-0.15, -0.1) is 0 Å². The van der Waals surface area contributed by atoms with Gasteiger partial charge < -0.3 is 19.9 Å². The molecule has 0 aliphatic heterocycles. The molecular formula is C19H23NO3. The number of fused-ring (bicyclic) bond motifs is 1. The molecule has 2 aromatic rings. The number of hydrogen-bond acceptors (Lipinski definition) is 4. The molecule has 3 rings (SSSR count). The Bertz CT molecular complexity index is 659. The predicted molar refractivity (Wildman–Crippen MR) is 90.2 cm³/mol. The normalized spacial score (nSPS) is 16.7. The third-order valence-electron chi connectivity index (χ3n) is 4.46. The fourth-order valence-electron chi connectivity index (χ4n) is 3.26. The average molecular weight is 313 g/mol. The van der Waals surface area contributed by atoms with Crippen molar-refractivity contribution < 1.29 is 14.6 Å². The lowest BCUT2D eigenvalue weighted by molar-refractivity contribution is 0.338. The molecule has 2 aromatic carbocycles. The lowest BCUT2D eigenvalue weighted by Gasteiger charge is -2.26. The minimum absolute atomic E-state index is 0.0433. The van der Waals surface area contributed by atoms with Crippen molar-refractivity contribution in [1.82, 2.24) is 5.32 Å². The average Bonchev–Trinajstić information content (AvgIpc) is 2.60. The lowest BCUT2D eigenvalue weighted by Crippen LogP contribution is -2.24. The maximum atomic E-state index is 9.99. The van der Waals surface area contributed by atoms with Gasteiger partial charge in [0.15, 0.2) is 11.5 Å². The van der Waals surface area contributed by atoms with Gasteiger partial charge in [-0.3, -0.25) is 0 Å². The Hall–Kier alpha value is -2.20. The Morgan fingerprint density at radius 2 is 1.83 bits per heavy atom. The molecule has 1 atom stereocenters. The third-order valence-corrected chi connectivity index (χ3v) is 4.46. The molecular weight excluding hydrogens is 290 g/mol. The first-order valence-electron chi connectivity index (χ1n) is 7.98. The fraction of sp³-hybridized carbons (Fsp3) is 0.368. The zero-order valence-corrected chi connectivity index (χ0v) is 13.6. The van der Waals surface area contributed by atoms with Crippen molar-refractivity contribution in [3.8, 4) is 17.2 Å². The summed E-state index contributed by atoms with van der Waals surface area (Å²) in [5.74, 6) is 0.914. The number of aromatic hydroxyl groups is 1. The zero-order chi connectivity index (χ0) is 16.2. The number of benzene rings is 2. The quantitative estimate of drug-likeness (QED) is 0.886. The highest BCUT2D eigenvalue weighted by molar-refractivity contribution is 5.52. The van der Waals surface area contributed by atoms with E-state index in [0.29, 0.717) is 24.1 Å². The summed E-state index contributed by atoms with van der Waals surface area (Å²) in [7, 11) is 3.09. The van der Waals surface area contributed by atoms with E-state index in [0.717, 1.165) is 18.4 Å². The van der Waals surface area contributed by atoms with E-state index in [1.807, 2.05) is 12.1 Å². The summed E-state index contributed by atoms with van der Waals surface area (Å²) in [5.41, 5.74) is 3.87. The van der Waals surface area contributed by atoms with Crippen LogP contribution in [0.15, 0.2) is 36.4 Å². The van der Waals surface area contributed by atoms with Crippen molar-refractivity contribution in [2.45, 2.75) is 31.8 Å². The monoisotopic (exact) mass is 313 g/mol. The van der Waals surface area contributed by atoms with Crippen LogP contribution in [0.3, 0.4) is 0 Å². The number of nitrogens with one attached hydrogen (secondary N) is 1. The van der Waals surface area contributed by atoms with Crippen LogP contribution in [0.25, 0.3) is 0 Å². The molecule has 1 aliphatic carbocycles. The van der Waals surface area contributed by atoms with E-state index in [1.165, 1.54) is 17.5 Å². The van der Waals surface area contributed by atoms with Gasteiger partial charge in [-0.1, -0.05) is 24.3 Å². The number of hydrogen-bond donors (Lipinski definition) is 2. The molecule has 1 aliphatic rings. The van der Waals surface area contributed by atoms with Crippen molar-refractivity contribution >= 4 is 0 Å². The first-order valence-corrected chi connectivity index (χ1v) is 7.98. The van der Waals surface area contributed by atoms with E-state index < -0.39 is 0 Å². The summed E-state index contributed by atoms with van der Waals surface area (Å²) in [5, 5.41) is 13.6. The molecule has 0 bridgehead atoms. The van der Waals surface area contributed by atoms with E-state index in [9.17, 15) is 5.11 Å². The van der Waals surface area contributed by atoms with Crippen LogP contribution in [0.5, 0.6) is 17.2 Å². The molecule has 0 fully saturated rings. The second-order valence-electron chi connectivity index (χ2n) is 5.87. The van der Waals surface area contributed by atoms with Gasteiger partial charge in [0.2, 0.25) is 5.75 Å². The summed E-state index contributed by atoms with van der Waals surface area (Å²) in [6.45, 7) is 0.700. The van der Waals surface area contributed by atoms with Gasteiger partial charge in [-0.2, -0.15) is 0 Å². The molecule has 0 spiro atoms. The SMILES string of the molecule is COc1cc(CN[C@@H]2CCCc3ccccc32)cc(OC)c1O. The van der Waals surface area contributed by atoms with Gasteiger partial charge >= 0.3 is 0 Å². The molecule has 4 heteroatoms. The topological polar surface area (TPSA) is 50.7 Å². The van der Waals surface area contributed by atoms with Crippen molar-refractivity contribution in [2.24, 2.45) is 0 Å². The van der Waals surface area contributed by atoms with Gasteiger partial charge in [0.05, 0.1) is 14.2 Å². The number of methoxy groups -OCH3 is 2. The zero-order valence-electron chi connectivity index (χ0n) is 13.6. The maximum Gasteiger partial charge on any atom is 0.200 e. The van der Waals surface area contributed by atoms with Gasteiger partial charge in [0.1, 0.15) is 0 Å². The van der Waals surface area contributed by atoms with Gasteiger partial charge in [-0.25, -0.2) is 0 Å². The Morgan fingerprint density at radius 1 is 1.13 bits per heavy atom. The number of ether oxygens (including phenoxy) is 2. The van der Waals surface area contributed by atoms with Crippen LogP contribution >= 0.6 is 0 Å². The minimum Gasteiger partial charge on any atom is -0.502 e. The summed E-state index contributed by atoms with van der Waals surface area (Å²) in [6.07, 6.45) is 3.51. The Balaban J connectivity index is 1.77. The Labute approximate surface area is 137 Å². The standard InChI is InChI=1S/C19H23NO3/c1-22-17-10-13(11-18(23-2)19(17)21)12-20-16-9-5-7-14-6-3-4-8-15(14)16/h3-4,6,8,10-11,16,20-21H,5,7,9,12H2,1-2H3/t16-/m1/s1. The van der Waals surface area contributed by atoms with E-state index in [1.54, 1.807) is 14.2 Å². The number of phenolic OH excluding ortho intramolecular Hbond substituents is 1. The first kappa shape index (κ1) is 15.7. The minimum atomic E-state index is 0.0433. The summed E-state index contributed by atoms with van der Waals surface area (Å²) < 4.78 is 10.4. The molecule has 122 valence electrons. The Morgan fingerprint density at radius 3 is 2.52 bits per heavy atom. The van der Waals surface area contributed by atoms with Gasteiger partial charge in [-0.05, 0) is 48.1 Å². The van der Waals surface area contributed by atoms with Gasteiger partial charge in [0, 0.05) is 12.6 Å². The van der Waals surface area contributed by atoms with Gasteiger partial charge in [0.25, 0.3) is 0 Å². The molecule has 0 unspecified atom stereocenters. The third kappa shape index (κ3) is 3.27. The van der Waals surface area contributed by atoms with E-state index in [-0.39, 0.29) is 5.75 Å². The molecule has 0 heterocycles. The maximum absolute atomic E-state index is 9.99. The fourth-order valence-corrected chi connectivity index (χ4v) is 3.26. The molecule has 0 saturated carbocycles. The molecule has 0 saturated heterocycles. The second-order valence-corrected chi connectivity index (χ2v) is 5.87. The number of rotatable bonds is 5. The molecule has 0 aromatic heterocycles. The predicted octanol–water partition coefficient (Wildman–Crippen LogP) is 3.58. The summed E-state index contributed by atoms with van der Waals surface area (Å²) in [6, 6.07) is 12.7. The number of phenols is 1. The highest BCUT2D eigenvalue weighted by atomic mass is 16.5. The molecule has 4 nitrogen and oxygen atoms in total. The van der Waals surface area contributed by atoms with Crippen LogP contribution < -0.4 is 14.8 Å². The lowest BCUT2D eigenvalue weighted by atomic mass is 9.87. The van der Waals surface area contributed by atoms with Crippen LogP contribution in [0.4, 0.5) is 0 Å². The molecule has 0 radical (unpaired) electrons. The van der Waals surface area contributed by atoms with Crippen molar-refractivity contribution in [3.05, 3.63) is 53.1 Å². The largest absolute Gasteiger partial charge is 0.502 e. The summed E-state index contributed by atoms with van der Waals surface area (Å²) in [4.78, 5) is 0. The van der Waals surface area contributed by atoms with E-state index >= 15 is 0 Å². The second kappa shape index (κ2) is 6.92. The highest BCUT2D eigenvalue weighted by Crippen LogP contribution is 2.37. The molecule has 2 N–H and O–H groups in total. The van der Waals surface area contributed by atoms with Crippen LogP contribution in [0, 0.1) is 0 Å². The summed E-state index contributed by atoms with van der Waals surface area (Å²) >= 11 is 0. The highest BCUT2D eigenvalue weighted by Gasteiger charge is 2.19. The van der Waals surface area contributed by atoms with Crippen molar-refractivity contribution in [1.29, 1.82) is 0 Å². The van der Waals surface area contributed by atoms with Crippen LogP contribution in [-0.2, 0) is 13.0 Å². The van der Waals surface area contributed by atoms with E-state index in [4.69, 9.17) is 9.47 Å². The smallest absolute Gasteiger partial charge is 0.200 e. The van der Waals surface area contributed by atoms with E-state index in [2.05, 4.69) is 29.6 Å². The number of aryl methyl sites for hydroxylation is 1. The van der Waals surface area contributed by atoms with Crippen LogP contribution in [-0.4, -0.2) is 19.3 Å². The van der Waals surface area contributed by atoms with Crippen LogP contribution in [0.1, 0.15) is 35.6 Å². The Kier molecular flexibility index (Phi) is 4.72. The first-order chi connectivity index (χ1) is 11.2. The van der Waals surface area contributed by atoms with Crippen molar-refractivity contribution in [2.75, 3.05) is 14.2 Å².